The molecule has 0 aromatic carbocycles. The maximum atomic E-state index is 13.6. The van der Waals surface area contributed by atoms with Gasteiger partial charge in [0.15, 0.2) is 11.5 Å². The van der Waals surface area contributed by atoms with Gasteiger partial charge in [-0.3, -0.25) is 9.36 Å². The molecule has 0 unspecified atom stereocenters. The minimum atomic E-state index is -0.216. The summed E-state index contributed by atoms with van der Waals surface area (Å²) in [4.78, 5) is 42.7. The van der Waals surface area contributed by atoms with Crippen LogP contribution in [0.2, 0.25) is 0 Å². The molecular formula is C26H35N7O4. The summed E-state index contributed by atoms with van der Waals surface area (Å²) in [6.45, 7) is 4.72. The molecule has 2 amide bonds. The fourth-order valence-electron chi connectivity index (χ4n) is 4.36. The molecule has 1 N–H and O–H groups in total. The normalized spacial score (nSPS) is 14.1. The Bertz CT molecular complexity index is 1270. The number of ether oxygens (including phenoxy) is 2. The molecule has 11 heteroatoms. The Balaban J connectivity index is 1.62. The average molecular weight is 510 g/mol. The van der Waals surface area contributed by atoms with Gasteiger partial charge in [-0.2, -0.15) is 0 Å². The summed E-state index contributed by atoms with van der Waals surface area (Å²) in [5.74, 6) is 0.795. The first-order valence-corrected chi connectivity index (χ1v) is 12.6. The zero-order valence-electron chi connectivity index (χ0n) is 21.9. The van der Waals surface area contributed by atoms with Gasteiger partial charge in [0.2, 0.25) is 5.88 Å². The van der Waals surface area contributed by atoms with Gasteiger partial charge in [-0.25, -0.2) is 19.7 Å². The number of anilines is 1. The van der Waals surface area contributed by atoms with Gasteiger partial charge in [-0.15, -0.1) is 0 Å². The van der Waals surface area contributed by atoms with E-state index in [9.17, 15) is 9.59 Å². The monoisotopic (exact) mass is 509 g/mol. The fourth-order valence-corrected chi connectivity index (χ4v) is 4.36. The van der Waals surface area contributed by atoms with Crippen LogP contribution in [0.3, 0.4) is 0 Å². The third-order valence-electron chi connectivity index (χ3n) is 6.38. The van der Waals surface area contributed by atoms with Gasteiger partial charge >= 0.3 is 6.03 Å². The standard InChI is InChI=1S/C26H35N7O4/c1-5-13-37-14-12-33-21-15-19(18-6-7-22(36-4)27-16-18)17-28-23(21)30-24(25(33)34)29-20-8-10-32(11-9-20)26(35)31(2)3/h6-7,15-17,20H,5,8-14H2,1-4H3,(H,28,29,30). The molecule has 0 aliphatic carbocycles. The first-order valence-electron chi connectivity index (χ1n) is 12.6. The smallest absolute Gasteiger partial charge is 0.319 e. The van der Waals surface area contributed by atoms with Crippen molar-refractivity contribution in [3.8, 4) is 17.0 Å². The number of hydrogen-bond acceptors (Lipinski definition) is 8. The van der Waals surface area contributed by atoms with Crippen molar-refractivity contribution in [2.24, 2.45) is 0 Å². The van der Waals surface area contributed by atoms with E-state index < -0.39 is 0 Å². The molecule has 1 saturated heterocycles. The van der Waals surface area contributed by atoms with Crippen LogP contribution in [-0.2, 0) is 11.3 Å². The van der Waals surface area contributed by atoms with E-state index in [0.29, 0.717) is 49.9 Å². The molecular weight excluding hydrogens is 474 g/mol. The predicted molar refractivity (Wildman–Crippen MR) is 142 cm³/mol. The van der Waals surface area contributed by atoms with Crippen LogP contribution in [0.1, 0.15) is 26.2 Å². The quantitative estimate of drug-likeness (QED) is 0.438. The third kappa shape index (κ3) is 6.16. The lowest BCUT2D eigenvalue weighted by molar-refractivity contribution is 0.127. The van der Waals surface area contributed by atoms with E-state index >= 15 is 0 Å². The summed E-state index contributed by atoms with van der Waals surface area (Å²) in [6.07, 6.45) is 5.82. The number of carbonyl (C=O) groups is 1. The number of fused-ring (bicyclic) bond motifs is 1. The second-order valence-corrected chi connectivity index (χ2v) is 9.27. The molecule has 37 heavy (non-hydrogen) atoms. The molecule has 4 heterocycles. The van der Waals surface area contributed by atoms with Crippen LogP contribution in [-0.4, -0.2) is 88.9 Å². The number of piperidine rings is 1. The van der Waals surface area contributed by atoms with Crippen molar-refractivity contribution in [1.29, 1.82) is 0 Å². The Morgan fingerprint density at radius 1 is 1.14 bits per heavy atom. The van der Waals surface area contributed by atoms with E-state index in [1.54, 1.807) is 49.1 Å². The molecule has 0 radical (unpaired) electrons. The van der Waals surface area contributed by atoms with E-state index in [-0.39, 0.29) is 23.5 Å². The Hall–Kier alpha value is -3.73. The minimum absolute atomic E-state index is 0.00350. The highest BCUT2D eigenvalue weighted by molar-refractivity contribution is 5.79. The Morgan fingerprint density at radius 2 is 1.89 bits per heavy atom. The van der Waals surface area contributed by atoms with Gasteiger partial charge in [-0.05, 0) is 31.4 Å². The van der Waals surface area contributed by atoms with Crippen molar-refractivity contribution >= 4 is 23.0 Å². The number of rotatable bonds is 9. The van der Waals surface area contributed by atoms with Crippen molar-refractivity contribution in [2.75, 3.05) is 52.8 Å². The van der Waals surface area contributed by atoms with Gasteiger partial charge in [0.1, 0.15) is 0 Å². The maximum absolute atomic E-state index is 13.6. The van der Waals surface area contributed by atoms with E-state index in [4.69, 9.17) is 9.47 Å². The number of amides is 2. The highest BCUT2D eigenvalue weighted by Crippen LogP contribution is 2.23. The Kier molecular flexibility index (Phi) is 8.54. The summed E-state index contributed by atoms with van der Waals surface area (Å²) in [5.41, 5.74) is 2.58. The highest BCUT2D eigenvalue weighted by atomic mass is 16.5. The molecule has 11 nitrogen and oxygen atoms in total. The zero-order chi connectivity index (χ0) is 26.4. The fraction of sp³-hybridized carbons (Fsp3) is 0.500. The molecule has 0 atom stereocenters. The second kappa shape index (κ2) is 12.0. The van der Waals surface area contributed by atoms with Crippen LogP contribution in [0, 0.1) is 0 Å². The zero-order valence-corrected chi connectivity index (χ0v) is 21.9. The van der Waals surface area contributed by atoms with E-state index in [1.165, 1.54) is 0 Å². The van der Waals surface area contributed by atoms with Crippen LogP contribution < -0.4 is 15.6 Å². The number of carbonyl (C=O) groups excluding carboxylic acids is 1. The van der Waals surface area contributed by atoms with Crippen molar-refractivity contribution in [1.82, 2.24) is 29.3 Å². The average Bonchev–Trinajstić information content (AvgIpc) is 2.92. The molecule has 0 bridgehead atoms. The molecule has 1 aliphatic heterocycles. The lowest BCUT2D eigenvalue weighted by Gasteiger charge is -2.34. The van der Waals surface area contributed by atoms with Gasteiger partial charge in [0.25, 0.3) is 5.56 Å². The molecule has 4 rings (SSSR count). The van der Waals surface area contributed by atoms with Crippen molar-refractivity contribution < 1.29 is 14.3 Å². The summed E-state index contributed by atoms with van der Waals surface area (Å²) in [6, 6.07) is 5.64. The number of pyridine rings is 2. The first-order chi connectivity index (χ1) is 17.9. The molecule has 198 valence electrons. The second-order valence-electron chi connectivity index (χ2n) is 9.27. The largest absolute Gasteiger partial charge is 0.481 e. The van der Waals surface area contributed by atoms with Crippen LogP contribution >= 0.6 is 0 Å². The summed E-state index contributed by atoms with van der Waals surface area (Å²) >= 11 is 0. The topological polar surface area (TPSA) is 115 Å². The SMILES string of the molecule is CCCOCCn1c(=O)c(NC2CCN(C(=O)N(C)C)CC2)nc2ncc(-c3ccc(OC)nc3)cc21. The van der Waals surface area contributed by atoms with Gasteiger partial charge in [-0.1, -0.05) is 6.92 Å². The molecule has 3 aromatic heterocycles. The van der Waals surface area contributed by atoms with Gasteiger partial charge in [0.05, 0.1) is 19.2 Å². The van der Waals surface area contributed by atoms with Crippen molar-refractivity contribution in [3.63, 3.8) is 0 Å². The number of hydrogen-bond donors (Lipinski definition) is 1. The maximum Gasteiger partial charge on any atom is 0.319 e. The summed E-state index contributed by atoms with van der Waals surface area (Å²) in [7, 11) is 5.08. The number of nitrogens with zero attached hydrogens (tertiary/aromatic N) is 6. The number of urea groups is 1. The lowest BCUT2D eigenvalue weighted by Crippen LogP contribution is -2.46. The van der Waals surface area contributed by atoms with Crippen molar-refractivity contribution in [2.45, 2.75) is 38.8 Å². The molecule has 1 aliphatic rings. The Labute approximate surface area is 216 Å². The lowest BCUT2D eigenvalue weighted by atomic mass is 10.1. The summed E-state index contributed by atoms with van der Waals surface area (Å²) in [5, 5.41) is 3.33. The van der Waals surface area contributed by atoms with Crippen LogP contribution in [0.25, 0.3) is 22.3 Å². The van der Waals surface area contributed by atoms with E-state index in [2.05, 4.69) is 20.3 Å². The first kappa shape index (κ1) is 26.3. The highest BCUT2D eigenvalue weighted by Gasteiger charge is 2.25. The van der Waals surface area contributed by atoms with Gasteiger partial charge in [0, 0.05) is 76.0 Å². The van der Waals surface area contributed by atoms with Crippen molar-refractivity contribution in [3.05, 3.63) is 40.9 Å². The van der Waals surface area contributed by atoms with Crippen LogP contribution in [0.15, 0.2) is 35.4 Å². The molecule has 0 saturated carbocycles. The molecule has 3 aromatic rings. The predicted octanol–water partition coefficient (Wildman–Crippen LogP) is 2.85. The number of aromatic nitrogens is 4. The Morgan fingerprint density at radius 3 is 2.54 bits per heavy atom. The molecule has 1 fully saturated rings. The number of likely N-dealkylation sites (tertiary alicyclic amines) is 1. The van der Waals surface area contributed by atoms with E-state index in [1.807, 2.05) is 24.0 Å². The van der Waals surface area contributed by atoms with Crippen LogP contribution in [0.4, 0.5) is 10.6 Å². The number of methoxy groups -OCH3 is 1. The van der Waals surface area contributed by atoms with Gasteiger partial charge < -0.3 is 24.6 Å². The number of nitrogens with one attached hydrogen (secondary N) is 1. The minimum Gasteiger partial charge on any atom is -0.481 e. The third-order valence-corrected chi connectivity index (χ3v) is 6.38. The van der Waals surface area contributed by atoms with E-state index in [0.717, 1.165) is 30.4 Å². The van der Waals surface area contributed by atoms with Crippen LogP contribution in [0.5, 0.6) is 5.88 Å². The summed E-state index contributed by atoms with van der Waals surface area (Å²) < 4.78 is 12.5. The molecule has 0 spiro atoms.